The summed E-state index contributed by atoms with van der Waals surface area (Å²) in [5.41, 5.74) is 0.354. The van der Waals surface area contributed by atoms with Crippen molar-refractivity contribution in [2.24, 2.45) is 5.41 Å². The summed E-state index contributed by atoms with van der Waals surface area (Å²) in [6.45, 7) is 6.53. The summed E-state index contributed by atoms with van der Waals surface area (Å²) >= 11 is 0. The Morgan fingerprint density at radius 2 is 2.17 bits per heavy atom. The number of carboxylic acids is 1. The van der Waals surface area contributed by atoms with Crippen LogP contribution in [0.25, 0.3) is 0 Å². The van der Waals surface area contributed by atoms with E-state index in [-0.39, 0.29) is 11.0 Å². The molecule has 0 aliphatic rings. The molecule has 5 nitrogen and oxygen atoms in total. The second kappa shape index (κ2) is 6.02. The van der Waals surface area contributed by atoms with E-state index in [1.165, 1.54) is 12.3 Å². The minimum Gasteiger partial charge on any atom is -0.478 e. The Morgan fingerprint density at radius 3 is 2.72 bits per heavy atom. The van der Waals surface area contributed by atoms with Crippen LogP contribution in [0.1, 0.15) is 30.0 Å². The van der Waals surface area contributed by atoms with E-state index in [2.05, 4.69) is 24.1 Å². The summed E-state index contributed by atoms with van der Waals surface area (Å²) in [4.78, 5) is 13.0. The van der Waals surface area contributed by atoms with Crippen molar-refractivity contribution in [1.82, 2.24) is 10.2 Å². The SMILES string of the molecule is CN(C)CC(C)(C)CNCc1occc1C(=O)O. The van der Waals surface area contributed by atoms with E-state index >= 15 is 0 Å². The van der Waals surface area contributed by atoms with E-state index in [9.17, 15) is 4.79 Å². The van der Waals surface area contributed by atoms with Gasteiger partial charge in [0.15, 0.2) is 0 Å². The maximum absolute atomic E-state index is 10.9. The highest BCUT2D eigenvalue weighted by Gasteiger charge is 2.19. The molecule has 102 valence electrons. The molecule has 0 atom stereocenters. The van der Waals surface area contributed by atoms with E-state index in [1.54, 1.807) is 0 Å². The summed E-state index contributed by atoms with van der Waals surface area (Å²) < 4.78 is 5.17. The fourth-order valence-electron chi connectivity index (χ4n) is 2.09. The lowest BCUT2D eigenvalue weighted by Crippen LogP contribution is -2.37. The quantitative estimate of drug-likeness (QED) is 0.774. The minimum atomic E-state index is -0.951. The lowest BCUT2D eigenvalue weighted by molar-refractivity contribution is 0.0694. The topological polar surface area (TPSA) is 65.7 Å². The molecule has 0 saturated heterocycles. The van der Waals surface area contributed by atoms with Crippen molar-refractivity contribution < 1.29 is 14.3 Å². The molecule has 0 unspecified atom stereocenters. The first-order chi connectivity index (χ1) is 8.32. The standard InChI is InChI=1S/C13H22N2O3/c1-13(2,9-15(3)4)8-14-7-11-10(12(16)17)5-6-18-11/h5-6,14H,7-9H2,1-4H3,(H,16,17). The summed E-state index contributed by atoms with van der Waals surface area (Å²) in [6.07, 6.45) is 1.41. The van der Waals surface area contributed by atoms with Gasteiger partial charge >= 0.3 is 5.97 Å². The van der Waals surface area contributed by atoms with Crippen molar-refractivity contribution in [3.8, 4) is 0 Å². The Kier molecular flexibility index (Phi) is 4.93. The van der Waals surface area contributed by atoms with Crippen LogP contribution < -0.4 is 5.32 Å². The van der Waals surface area contributed by atoms with E-state index < -0.39 is 5.97 Å². The lowest BCUT2D eigenvalue weighted by atomic mass is 9.93. The molecule has 0 aromatic carbocycles. The molecule has 0 radical (unpaired) electrons. The monoisotopic (exact) mass is 254 g/mol. The Hall–Kier alpha value is -1.33. The van der Waals surface area contributed by atoms with E-state index in [0.29, 0.717) is 12.3 Å². The second-order valence-electron chi connectivity index (χ2n) is 5.57. The predicted molar refractivity (Wildman–Crippen MR) is 69.7 cm³/mol. The van der Waals surface area contributed by atoms with Gasteiger partial charge in [-0.1, -0.05) is 13.8 Å². The Balaban J connectivity index is 2.46. The first-order valence-electron chi connectivity index (χ1n) is 5.97. The molecule has 0 fully saturated rings. The average molecular weight is 254 g/mol. The van der Waals surface area contributed by atoms with Gasteiger partial charge in [0.1, 0.15) is 11.3 Å². The third-order valence-electron chi connectivity index (χ3n) is 2.61. The molecule has 2 N–H and O–H groups in total. The van der Waals surface area contributed by atoms with Crippen LogP contribution in [0.2, 0.25) is 0 Å². The van der Waals surface area contributed by atoms with Crippen LogP contribution >= 0.6 is 0 Å². The molecule has 0 aliphatic carbocycles. The summed E-state index contributed by atoms with van der Waals surface area (Å²) in [5.74, 6) is -0.476. The number of carboxylic acid groups (broad SMARTS) is 1. The fourth-order valence-corrected chi connectivity index (χ4v) is 2.09. The molecule has 1 rings (SSSR count). The number of hydrogen-bond acceptors (Lipinski definition) is 4. The normalized spacial score (nSPS) is 12.1. The number of aromatic carboxylic acids is 1. The third kappa shape index (κ3) is 4.50. The zero-order valence-electron chi connectivity index (χ0n) is 11.5. The van der Waals surface area contributed by atoms with Crippen LogP contribution in [-0.4, -0.2) is 43.2 Å². The number of nitrogens with zero attached hydrogens (tertiary/aromatic N) is 1. The Morgan fingerprint density at radius 1 is 1.50 bits per heavy atom. The van der Waals surface area contributed by atoms with Crippen LogP contribution in [0.5, 0.6) is 0 Å². The molecule has 0 spiro atoms. The highest BCUT2D eigenvalue weighted by Crippen LogP contribution is 2.15. The highest BCUT2D eigenvalue weighted by atomic mass is 16.4. The number of rotatable bonds is 7. The molecular formula is C13H22N2O3. The third-order valence-corrected chi connectivity index (χ3v) is 2.61. The predicted octanol–water partition coefficient (Wildman–Crippen LogP) is 1.66. The molecular weight excluding hydrogens is 232 g/mol. The summed E-state index contributed by atoms with van der Waals surface area (Å²) in [6, 6.07) is 1.48. The van der Waals surface area contributed by atoms with Crippen molar-refractivity contribution in [3.05, 3.63) is 23.7 Å². The van der Waals surface area contributed by atoms with Crippen LogP contribution in [0.4, 0.5) is 0 Å². The van der Waals surface area contributed by atoms with Gasteiger partial charge in [-0.3, -0.25) is 0 Å². The van der Waals surface area contributed by atoms with Gasteiger partial charge in [0.05, 0.1) is 12.8 Å². The van der Waals surface area contributed by atoms with Crippen molar-refractivity contribution in [3.63, 3.8) is 0 Å². The van der Waals surface area contributed by atoms with Crippen molar-refractivity contribution >= 4 is 5.97 Å². The number of nitrogens with one attached hydrogen (secondary N) is 1. The number of hydrogen-bond donors (Lipinski definition) is 2. The van der Waals surface area contributed by atoms with E-state index in [4.69, 9.17) is 9.52 Å². The molecule has 0 aliphatic heterocycles. The average Bonchev–Trinajstić information content (AvgIpc) is 2.63. The number of carbonyl (C=O) groups is 1. The molecule has 1 aromatic rings. The van der Waals surface area contributed by atoms with Crippen LogP contribution in [-0.2, 0) is 6.54 Å². The maximum atomic E-state index is 10.9. The van der Waals surface area contributed by atoms with Crippen molar-refractivity contribution in [2.75, 3.05) is 27.2 Å². The Bertz CT molecular complexity index is 397. The molecule has 1 heterocycles. The zero-order chi connectivity index (χ0) is 13.8. The molecule has 0 bridgehead atoms. The molecule has 0 amide bonds. The largest absolute Gasteiger partial charge is 0.478 e. The maximum Gasteiger partial charge on any atom is 0.339 e. The van der Waals surface area contributed by atoms with Gasteiger partial charge in [0, 0.05) is 13.1 Å². The van der Waals surface area contributed by atoms with Gasteiger partial charge in [-0.15, -0.1) is 0 Å². The van der Waals surface area contributed by atoms with Crippen LogP contribution in [0.3, 0.4) is 0 Å². The number of furan rings is 1. The molecule has 1 aromatic heterocycles. The van der Waals surface area contributed by atoms with Gasteiger partial charge in [-0.25, -0.2) is 4.79 Å². The first kappa shape index (κ1) is 14.7. The smallest absolute Gasteiger partial charge is 0.339 e. The molecule has 0 saturated carbocycles. The van der Waals surface area contributed by atoms with E-state index in [0.717, 1.165) is 13.1 Å². The van der Waals surface area contributed by atoms with Crippen molar-refractivity contribution in [1.29, 1.82) is 0 Å². The molecule has 18 heavy (non-hydrogen) atoms. The lowest BCUT2D eigenvalue weighted by Gasteiger charge is -2.28. The van der Waals surface area contributed by atoms with Crippen LogP contribution in [0.15, 0.2) is 16.7 Å². The van der Waals surface area contributed by atoms with Gasteiger partial charge in [0.25, 0.3) is 0 Å². The van der Waals surface area contributed by atoms with Gasteiger partial charge in [0.2, 0.25) is 0 Å². The fraction of sp³-hybridized carbons (Fsp3) is 0.615. The minimum absolute atomic E-state index is 0.124. The molecule has 5 heteroatoms. The highest BCUT2D eigenvalue weighted by molar-refractivity contribution is 5.88. The van der Waals surface area contributed by atoms with Gasteiger partial charge < -0.3 is 19.7 Å². The summed E-state index contributed by atoms with van der Waals surface area (Å²) in [7, 11) is 4.08. The first-order valence-corrected chi connectivity index (χ1v) is 5.97. The van der Waals surface area contributed by atoms with Crippen molar-refractivity contribution in [2.45, 2.75) is 20.4 Å². The van der Waals surface area contributed by atoms with Gasteiger partial charge in [-0.05, 0) is 25.6 Å². The Labute approximate surface area is 108 Å². The summed E-state index contributed by atoms with van der Waals surface area (Å²) in [5, 5.41) is 12.2. The van der Waals surface area contributed by atoms with Gasteiger partial charge in [-0.2, -0.15) is 0 Å². The second-order valence-corrected chi connectivity index (χ2v) is 5.57. The van der Waals surface area contributed by atoms with E-state index in [1.807, 2.05) is 14.1 Å². The zero-order valence-corrected chi connectivity index (χ0v) is 11.5. The van der Waals surface area contributed by atoms with Crippen LogP contribution in [0, 0.1) is 5.41 Å².